The number of fused-ring (bicyclic) bond motifs is 6. The van der Waals surface area contributed by atoms with Gasteiger partial charge in [-0.15, -0.1) is 0 Å². The summed E-state index contributed by atoms with van der Waals surface area (Å²) >= 11 is 0. The number of hydrogen-bond donors (Lipinski definition) is 2. The van der Waals surface area contributed by atoms with Crippen molar-refractivity contribution < 1.29 is 4.79 Å². The Morgan fingerprint density at radius 2 is 1.93 bits per heavy atom. The fraction of sp³-hybridized carbons (Fsp3) is 0.250. The van der Waals surface area contributed by atoms with Crippen LogP contribution in [0, 0.1) is 0 Å². The second-order valence-electron chi connectivity index (χ2n) is 8.20. The number of aromatic amines is 1. The average molecular weight is 367 g/mol. The molecule has 6 rings (SSSR count). The van der Waals surface area contributed by atoms with E-state index >= 15 is 0 Å². The summed E-state index contributed by atoms with van der Waals surface area (Å²) in [6.45, 7) is 0.770. The highest BCUT2D eigenvalue weighted by molar-refractivity contribution is 6.01. The maximum absolute atomic E-state index is 12.6. The van der Waals surface area contributed by atoms with E-state index in [1.807, 2.05) is 24.4 Å². The van der Waals surface area contributed by atoms with Gasteiger partial charge in [-0.1, -0.05) is 36.4 Å². The molecule has 2 N–H and O–H groups in total. The monoisotopic (exact) mass is 367 g/mol. The minimum atomic E-state index is 0.0896. The van der Waals surface area contributed by atoms with Crippen molar-refractivity contribution in [2.75, 3.05) is 6.54 Å². The van der Waals surface area contributed by atoms with Gasteiger partial charge in [0.1, 0.15) is 0 Å². The topological polar surface area (TPSA) is 57.8 Å². The Bertz CT molecular complexity index is 1140. The van der Waals surface area contributed by atoms with Crippen LogP contribution in [0.3, 0.4) is 0 Å². The van der Waals surface area contributed by atoms with Gasteiger partial charge >= 0.3 is 0 Å². The zero-order chi connectivity index (χ0) is 18.7. The van der Waals surface area contributed by atoms with E-state index in [4.69, 9.17) is 0 Å². The molecule has 28 heavy (non-hydrogen) atoms. The highest BCUT2D eigenvalue weighted by Crippen LogP contribution is 2.52. The van der Waals surface area contributed by atoms with Gasteiger partial charge in [0.15, 0.2) is 0 Å². The van der Waals surface area contributed by atoms with Crippen molar-refractivity contribution in [2.45, 2.75) is 31.1 Å². The number of benzene rings is 1. The highest BCUT2D eigenvalue weighted by Gasteiger charge is 2.51. The van der Waals surface area contributed by atoms with E-state index in [2.05, 4.69) is 45.6 Å². The van der Waals surface area contributed by atoms with E-state index in [9.17, 15) is 4.79 Å². The predicted octanol–water partition coefficient (Wildman–Crippen LogP) is 4.12. The lowest BCUT2D eigenvalue weighted by atomic mass is 9.86. The zero-order valence-corrected chi connectivity index (χ0v) is 15.6. The van der Waals surface area contributed by atoms with E-state index in [-0.39, 0.29) is 11.3 Å². The molecule has 0 saturated heterocycles. The van der Waals surface area contributed by atoms with Crippen LogP contribution in [0.15, 0.2) is 42.6 Å². The maximum Gasteiger partial charge on any atom is 0.253 e. The Hall–Kier alpha value is -3.14. The molecule has 1 aliphatic heterocycles. The van der Waals surface area contributed by atoms with Crippen LogP contribution >= 0.6 is 0 Å². The summed E-state index contributed by atoms with van der Waals surface area (Å²) in [6.07, 6.45) is 10.3. The molecule has 4 heteroatoms. The lowest BCUT2D eigenvalue weighted by molar-refractivity contribution is 0.0936. The smallest absolute Gasteiger partial charge is 0.253 e. The number of carbonyl (C=O) groups is 1. The van der Waals surface area contributed by atoms with Crippen LogP contribution in [0.25, 0.3) is 23.4 Å². The molecule has 0 atom stereocenters. The largest absolute Gasteiger partial charge is 0.357 e. The van der Waals surface area contributed by atoms with Gasteiger partial charge in [0.2, 0.25) is 0 Å². The van der Waals surface area contributed by atoms with Gasteiger partial charge < -0.3 is 10.3 Å². The Labute approximate surface area is 163 Å². The number of aryl methyl sites for hydroxylation is 1. The van der Waals surface area contributed by atoms with E-state index in [0.717, 1.165) is 54.7 Å². The standard InChI is InChI=1S/C24H21N3O/c28-23-20-18-9-7-16-13-25-17(8-6-15-4-2-1-3-5-15)12-19(16)21(18)27-22(20)24(10-11-24)14-26-23/h1-6,8,12-13,27H,7,9-11,14H2,(H,26,28)/b8-6+. The first-order valence-electron chi connectivity index (χ1n) is 9.99. The molecule has 2 aromatic heterocycles. The summed E-state index contributed by atoms with van der Waals surface area (Å²) in [5, 5.41) is 3.12. The lowest BCUT2D eigenvalue weighted by Crippen LogP contribution is -2.39. The fourth-order valence-corrected chi connectivity index (χ4v) is 4.70. The summed E-state index contributed by atoms with van der Waals surface area (Å²) in [6, 6.07) is 12.4. The third-order valence-corrected chi connectivity index (χ3v) is 6.47. The second-order valence-corrected chi connectivity index (χ2v) is 8.20. The number of amides is 1. The summed E-state index contributed by atoms with van der Waals surface area (Å²) in [7, 11) is 0. The van der Waals surface area contributed by atoms with Gasteiger partial charge in [-0.05, 0) is 54.5 Å². The number of hydrogen-bond acceptors (Lipinski definition) is 2. The van der Waals surface area contributed by atoms with Crippen LogP contribution in [-0.4, -0.2) is 22.4 Å². The van der Waals surface area contributed by atoms with Crippen LogP contribution < -0.4 is 5.32 Å². The predicted molar refractivity (Wildman–Crippen MR) is 110 cm³/mol. The summed E-state index contributed by atoms with van der Waals surface area (Å²) in [5.41, 5.74) is 9.12. The number of pyridine rings is 1. The first-order valence-corrected chi connectivity index (χ1v) is 9.99. The summed E-state index contributed by atoms with van der Waals surface area (Å²) in [4.78, 5) is 20.9. The number of rotatable bonds is 2. The van der Waals surface area contributed by atoms with Crippen molar-refractivity contribution in [3.63, 3.8) is 0 Å². The summed E-state index contributed by atoms with van der Waals surface area (Å²) < 4.78 is 0. The Balaban J connectivity index is 1.44. The highest BCUT2D eigenvalue weighted by atomic mass is 16.1. The van der Waals surface area contributed by atoms with Gasteiger partial charge in [0, 0.05) is 29.4 Å². The van der Waals surface area contributed by atoms with Gasteiger partial charge in [0.05, 0.1) is 17.0 Å². The van der Waals surface area contributed by atoms with Crippen LogP contribution in [0.1, 0.15) is 51.3 Å². The average Bonchev–Trinajstić information content (AvgIpc) is 3.40. The molecule has 3 heterocycles. The zero-order valence-electron chi connectivity index (χ0n) is 15.6. The first kappa shape index (κ1) is 15.9. The first-order chi connectivity index (χ1) is 13.7. The molecule has 4 nitrogen and oxygen atoms in total. The number of carbonyl (C=O) groups excluding carboxylic acids is 1. The normalized spacial score (nSPS) is 18.5. The molecule has 2 aliphatic carbocycles. The van der Waals surface area contributed by atoms with Crippen molar-refractivity contribution in [2.24, 2.45) is 0 Å². The molecule has 1 spiro atoms. The van der Waals surface area contributed by atoms with E-state index < -0.39 is 0 Å². The third kappa shape index (κ3) is 2.30. The number of H-pyrrole nitrogens is 1. The molecule has 0 unspecified atom stereocenters. The van der Waals surface area contributed by atoms with Crippen molar-refractivity contribution in [3.8, 4) is 11.3 Å². The van der Waals surface area contributed by atoms with Crippen LogP contribution in [0.4, 0.5) is 0 Å². The molecule has 3 aromatic rings. The lowest BCUT2D eigenvalue weighted by Gasteiger charge is -2.23. The minimum absolute atomic E-state index is 0.0896. The SMILES string of the molecule is O=C1NCC2(CC2)c2[nH]c3c(c21)CCc1cnc(/C=C/c2ccccc2)cc1-3. The van der Waals surface area contributed by atoms with Crippen LogP contribution in [0.2, 0.25) is 0 Å². The van der Waals surface area contributed by atoms with Crippen molar-refractivity contribution in [3.05, 3.63) is 76.2 Å². The van der Waals surface area contributed by atoms with Crippen molar-refractivity contribution in [1.29, 1.82) is 0 Å². The third-order valence-electron chi connectivity index (χ3n) is 6.47. The quantitative estimate of drug-likeness (QED) is 0.716. The van der Waals surface area contributed by atoms with Gasteiger partial charge in [-0.3, -0.25) is 9.78 Å². The molecule has 1 saturated carbocycles. The van der Waals surface area contributed by atoms with Crippen molar-refractivity contribution >= 4 is 18.1 Å². The molecule has 0 radical (unpaired) electrons. The van der Waals surface area contributed by atoms with Gasteiger partial charge in [-0.25, -0.2) is 0 Å². The van der Waals surface area contributed by atoms with Gasteiger partial charge in [0.25, 0.3) is 5.91 Å². The number of aromatic nitrogens is 2. The Morgan fingerprint density at radius 3 is 2.75 bits per heavy atom. The summed E-state index contributed by atoms with van der Waals surface area (Å²) in [5.74, 6) is 0.0896. The molecule has 0 bridgehead atoms. The second kappa shape index (κ2) is 5.68. The molecule has 1 aromatic carbocycles. The Kier molecular flexibility index (Phi) is 3.22. The van der Waals surface area contributed by atoms with E-state index in [0.29, 0.717) is 0 Å². The minimum Gasteiger partial charge on any atom is -0.357 e. The number of nitrogens with zero attached hydrogens (tertiary/aromatic N) is 1. The molecule has 138 valence electrons. The fourth-order valence-electron chi connectivity index (χ4n) is 4.70. The molecule has 1 fully saturated rings. The van der Waals surface area contributed by atoms with E-state index in [1.54, 1.807) is 0 Å². The Morgan fingerprint density at radius 1 is 1.07 bits per heavy atom. The van der Waals surface area contributed by atoms with Gasteiger partial charge in [-0.2, -0.15) is 0 Å². The number of nitrogens with one attached hydrogen (secondary N) is 2. The van der Waals surface area contributed by atoms with Crippen LogP contribution in [0.5, 0.6) is 0 Å². The molecule has 1 amide bonds. The molecule has 3 aliphatic rings. The van der Waals surface area contributed by atoms with Crippen LogP contribution in [-0.2, 0) is 18.3 Å². The molecular formula is C24H21N3O. The van der Waals surface area contributed by atoms with E-state index in [1.165, 1.54) is 22.4 Å². The molecular weight excluding hydrogens is 346 g/mol. The maximum atomic E-state index is 12.6. The van der Waals surface area contributed by atoms with Crippen molar-refractivity contribution in [1.82, 2.24) is 15.3 Å².